The Morgan fingerprint density at radius 2 is 1.81 bits per heavy atom. The zero-order valence-electron chi connectivity index (χ0n) is 13.4. The maximum absolute atomic E-state index is 9.59. The highest BCUT2D eigenvalue weighted by atomic mass is 16.9. The van der Waals surface area contributed by atoms with Crippen LogP contribution in [0.25, 0.3) is 0 Å². The lowest BCUT2D eigenvalue weighted by Gasteiger charge is -2.41. The van der Waals surface area contributed by atoms with Gasteiger partial charge in [-0.3, -0.25) is 0 Å². The Balaban J connectivity index is 1.84. The molecular formula is C15H26O6. The minimum absolute atomic E-state index is 0.151. The van der Waals surface area contributed by atoms with Crippen molar-refractivity contribution < 1.29 is 28.8 Å². The molecule has 6 heteroatoms. The molecule has 0 bridgehead atoms. The van der Waals surface area contributed by atoms with E-state index in [-0.39, 0.29) is 18.3 Å². The Kier molecular flexibility index (Phi) is 3.63. The van der Waals surface area contributed by atoms with Crippen molar-refractivity contribution >= 4 is 0 Å². The largest absolute Gasteiger partial charge is 0.393 e. The van der Waals surface area contributed by atoms with Gasteiger partial charge in [-0.25, -0.2) is 0 Å². The molecule has 122 valence electrons. The smallest absolute Gasteiger partial charge is 0.200 e. The maximum atomic E-state index is 9.59. The molecule has 21 heavy (non-hydrogen) atoms. The van der Waals surface area contributed by atoms with Gasteiger partial charge in [0.15, 0.2) is 11.6 Å². The predicted octanol–water partition coefficient (Wildman–Crippen LogP) is 1.55. The number of ether oxygens (including phenoxy) is 5. The van der Waals surface area contributed by atoms with E-state index in [1.807, 2.05) is 27.7 Å². The molecular weight excluding hydrogens is 276 g/mol. The Morgan fingerprint density at radius 1 is 1.10 bits per heavy atom. The molecule has 0 aromatic rings. The molecule has 3 heterocycles. The number of fused-ring (bicyclic) bond motifs is 3. The van der Waals surface area contributed by atoms with Gasteiger partial charge in [-0.1, -0.05) is 0 Å². The van der Waals surface area contributed by atoms with Gasteiger partial charge in [0.1, 0.15) is 18.3 Å². The van der Waals surface area contributed by atoms with Crippen LogP contribution in [-0.4, -0.2) is 53.5 Å². The molecule has 0 aromatic heterocycles. The number of hydrogen-bond donors (Lipinski definition) is 1. The molecule has 3 rings (SSSR count). The molecule has 0 radical (unpaired) electrons. The van der Waals surface area contributed by atoms with E-state index in [9.17, 15) is 5.11 Å². The number of aliphatic hydroxyl groups excluding tert-OH is 1. The minimum atomic E-state index is -0.870. The average molecular weight is 302 g/mol. The van der Waals surface area contributed by atoms with Crippen LogP contribution in [0.1, 0.15) is 47.5 Å². The molecule has 3 aliphatic heterocycles. The van der Waals surface area contributed by atoms with E-state index in [2.05, 4.69) is 0 Å². The van der Waals surface area contributed by atoms with Gasteiger partial charge < -0.3 is 28.8 Å². The lowest BCUT2D eigenvalue weighted by Crippen LogP contribution is -2.58. The quantitative estimate of drug-likeness (QED) is 0.853. The van der Waals surface area contributed by atoms with E-state index in [1.165, 1.54) is 0 Å². The third kappa shape index (κ3) is 2.85. The highest BCUT2D eigenvalue weighted by Crippen LogP contribution is 2.49. The van der Waals surface area contributed by atoms with Gasteiger partial charge in [0.25, 0.3) is 0 Å². The zero-order valence-corrected chi connectivity index (χ0v) is 13.4. The first-order valence-corrected chi connectivity index (χ1v) is 7.68. The summed E-state index contributed by atoms with van der Waals surface area (Å²) in [5, 5.41) is 9.59. The molecule has 0 spiro atoms. The van der Waals surface area contributed by atoms with E-state index in [0.717, 1.165) is 0 Å². The number of rotatable bonds is 3. The van der Waals surface area contributed by atoms with Crippen LogP contribution in [0.15, 0.2) is 0 Å². The molecule has 5 atom stereocenters. The third-order valence-corrected chi connectivity index (χ3v) is 4.19. The van der Waals surface area contributed by atoms with Gasteiger partial charge in [-0.15, -0.1) is 0 Å². The minimum Gasteiger partial charge on any atom is -0.393 e. The fourth-order valence-electron chi connectivity index (χ4n) is 3.47. The second-order valence-corrected chi connectivity index (χ2v) is 7.19. The summed E-state index contributed by atoms with van der Waals surface area (Å²) in [5.74, 6) is -2.26. The van der Waals surface area contributed by atoms with Crippen molar-refractivity contribution in [1.82, 2.24) is 0 Å². The standard InChI is InChI=1S/C15H26O6/c1-9(16)6-7-15-12(20-14(4,5)21-15)11-10(8-17-15)18-13(2,3)19-11/h9-12,16H,6-8H2,1-5H3/t9-,10+,11+,12-,15-/m0/s1. The van der Waals surface area contributed by atoms with Crippen LogP contribution in [-0.2, 0) is 23.7 Å². The van der Waals surface area contributed by atoms with E-state index >= 15 is 0 Å². The number of aliphatic hydroxyl groups is 1. The first-order chi connectivity index (χ1) is 9.63. The van der Waals surface area contributed by atoms with Crippen LogP contribution in [0.4, 0.5) is 0 Å². The summed E-state index contributed by atoms with van der Waals surface area (Å²) < 4.78 is 30.0. The van der Waals surface area contributed by atoms with Crippen LogP contribution in [0.3, 0.4) is 0 Å². The van der Waals surface area contributed by atoms with Crippen molar-refractivity contribution in [3.63, 3.8) is 0 Å². The Labute approximate surface area is 125 Å². The molecule has 0 amide bonds. The summed E-state index contributed by atoms with van der Waals surface area (Å²) in [6.07, 6.45) is 0.00732. The van der Waals surface area contributed by atoms with Gasteiger partial charge >= 0.3 is 0 Å². The first-order valence-electron chi connectivity index (χ1n) is 7.68. The van der Waals surface area contributed by atoms with Gasteiger partial charge in [0, 0.05) is 6.42 Å². The van der Waals surface area contributed by atoms with E-state index in [0.29, 0.717) is 19.4 Å². The van der Waals surface area contributed by atoms with E-state index in [4.69, 9.17) is 23.7 Å². The van der Waals surface area contributed by atoms with Gasteiger partial charge in [0.2, 0.25) is 5.79 Å². The van der Waals surface area contributed by atoms with Crippen LogP contribution in [0.2, 0.25) is 0 Å². The van der Waals surface area contributed by atoms with Crippen molar-refractivity contribution in [1.29, 1.82) is 0 Å². The molecule has 3 fully saturated rings. The summed E-state index contributed by atoms with van der Waals surface area (Å²) >= 11 is 0. The predicted molar refractivity (Wildman–Crippen MR) is 73.5 cm³/mol. The SMILES string of the molecule is C[C@H](O)CC[C@@]12OC[C@H]3OC(C)(C)O[C@H]3[C@@H]1OC(C)(C)O2. The average Bonchev–Trinajstić information content (AvgIpc) is 2.78. The van der Waals surface area contributed by atoms with Crippen molar-refractivity contribution in [2.75, 3.05) is 6.61 Å². The highest BCUT2D eigenvalue weighted by Gasteiger charge is 2.64. The fraction of sp³-hybridized carbons (Fsp3) is 1.00. The van der Waals surface area contributed by atoms with E-state index in [1.54, 1.807) is 6.92 Å². The normalized spacial score (nSPS) is 45.1. The Morgan fingerprint density at radius 3 is 2.48 bits per heavy atom. The second kappa shape index (κ2) is 4.88. The molecule has 3 aliphatic rings. The van der Waals surface area contributed by atoms with Crippen LogP contribution in [0, 0.1) is 0 Å². The maximum Gasteiger partial charge on any atom is 0.200 e. The summed E-state index contributed by atoms with van der Waals surface area (Å²) in [4.78, 5) is 0. The highest BCUT2D eigenvalue weighted by molar-refractivity contribution is 5.03. The lowest BCUT2D eigenvalue weighted by atomic mass is 9.92. The Bertz CT molecular complexity index is 407. The monoisotopic (exact) mass is 302 g/mol. The van der Waals surface area contributed by atoms with E-state index < -0.39 is 23.5 Å². The lowest BCUT2D eigenvalue weighted by molar-refractivity contribution is -0.285. The molecule has 0 aromatic carbocycles. The van der Waals surface area contributed by atoms with Crippen molar-refractivity contribution in [3.05, 3.63) is 0 Å². The summed E-state index contributed by atoms with van der Waals surface area (Å²) in [6.45, 7) is 9.69. The Hall–Kier alpha value is -0.240. The summed E-state index contributed by atoms with van der Waals surface area (Å²) in [6, 6.07) is 0. The first kappa shape index (κ1) is 15.6. The molecule has 0 aliphatic carbocycles. The fourth-order valence-corrected chi connectivity index (χ4v) is 3.47. The van der Waals surface area contributed by atoms with Crippen LogP contribution >= 0.6 is 0 Å². The van der Waals surface area contributed by atoms with Gasteiger partial charge in [-0.05, 0) is 41.0 Å². The van der Waals surface area contributed by atoms with Gasteiger partial charge in [-0.2, -0.15) is 0 Å². The molecule has 0 unspecified atom stereocenters. The second-order valence-electron chi connectivity index (χ2n) is 7.19. The topological polar surface area (TPSA) is 66.4 Å². The molecule has 3 saturated heterocycles. The summed E-state index contributed by atoms with van der Waals surface area (Å²) in [5.41, 5.74) is 0. The van der Waals surface area contributed by atoms with Crippen LogP contribution < -0.4 is 0 Å². The molecule has 0 saturated carbocycles. The number of hydrogen-bond acceptors (Lipinski definition) is 6. The summed E-state index contributed by atoms with van der Waals surface area (Å²) in [7, 11) is 0. The molecule has 6 nitrogen and oxygen atoms in total. The van der Waals surface area contributed by atoms with Crippen LogP contribution in [0.5, 0.6) is 0 Å². The zero-order chi connectivity index (χ0) is 15.5. The third-order valence-electron chi connectivity index (χ3n) is 4.19. The van der Waals surface area contributed by atoms with Crippen molar-refractivity contribution in [3.8, 4) is 0 Å². The van der Waals surface area contributed by atoms with Crippen molar-refractivity contribution in [2.24, 2.45) is 0 Å². The van der Waals surface area contributed by atoms with Crippen molar-refractivity contribution in [2.45, 2.75) is 89.2 Å². The van der Waals surface area contributed by atoms with Gasteiger partial charge in [0.05, 0.1) is 12.7 Å². The molecule has 1 N–H and O–H groups in total.